The van der Waals surface area contributed by atoms with Gasteiger partial charge in [-0.3, -0.25) is 0 Å². The van der Waals surface area contributed by atoms with Crippen molar-refractivity contribution in [2.75, 3.05) is 21.3 Å². The average molecular weight is 793 g/mol. The molecule has 0 fully saturated rings. The average Bonchev–Trinajstić information content (AvgIpc) is 3.19. The first-order valence-electron chi connectivity index (χ1n) is 19.8. The fourth-order valence-corrected chi connectivity index (χ4v) is 7.16. The first kappa shape index (κ1) is 51.1. The topological polar surface area (TPSA) is 149 Å². The molecule has 318 valence electrons. The molecular formula is C48H72O9. The molecule has 0 atom stereocenters. The van der Waals surface area contributed by atoms with Crippen molar-refractivity contribution >= 4 is 0 Å². The minimum absolute atomic E-state index is 0.0300. The molecule has 0 bridgehead atoms. The van der Waals surface area contributed by atoms with Crippen LogP contribution in [-0.4, -0.2) is 52.0 Å². The molecule has 9 nitrogen and oxygen atoms in total. The number of methoxy groups -OCH3 is 3. The highest BCUT2D eigenvalue weighted by atomic mass is 16.5. The zero-order valence-corrected chi connectivity index (χ0v) is 37.1. The van der Waals surface area contributed by atoms with Gasteiger partial charge in [0.1, 0.15) is 17.2 Å². The summed E-state index contributed by atoms with van der Waals surface area (Å²) >= 11 is 0. The summed E-state index contributed by atoms with van der Waals surface area (Å²) in [6.07, 6.45) is 0. The normalized spacial score (nSPS) is 10.8. The van der Waals surface area contributed by atoms with E-state index in [0.717, 1.165) is 83.8 Å². The van der Waals surface area contributed by atoms with Crippen LogP contribution in [0.5, 0.6) is 17.2 Å². The van der Waals surface area contributed by atoms with Gasteiger partial charge in [0.2, 0.25) is 0 Å². The number of hydrogen-bond donors (Lipinski definition) is 6. The minimum atomic E-state index is -0.0300. The number of aryl methyl sites for hydroxylation is 3. The van der Waals surface area contributed by atoms with Crippen LogP contribution >= 0.6 is 0 Å². The molecule has 0 aromatic heterocycles. The second-order valence-corrected chi connectivity index (χ2v) is 15.4. The molecule has 0 saturated carbocycles. The molecule has 0 spiro atoms. The summed E-state index contributed by atoms with van der Waals surface area (Å²) in [7, 11) is 4.89. The third-order valence-corrected chi connectivity index (χ3v) is 9.99. The second-order valence-electron chi connectivity index (χ2n) is 15.4. The Morgan fingerprint density at radius 2 is 0.912 bits per heavy atom. The van der Waals surface area contributed by atoms with E-state index in [9.17, 15) is 30.6 Å². The van der Waals surface area contributed by atoms with Crippen LogP contribution in [0.25, 0.3) is 0 Å². The summed E-state index contributed by atoms with van der Waals surface area (Å²) in [6, 6.07) is 15.6. The van der Waals surface area contributed by atoms with Crippen molar-refractivity contribution < 1.29 is 44.8 Å². The SMILES string of the molecule is COc1c(C)ccc(C(C)C)c1CO.COc1cc(C(C)C)c(CO)cc1C.COc1cc(CO)c(C(C)C)c(CO)c1.Cc1ccc(CO)c(C(C)C)c1CO. The zero-order chi connectivity index (χ0) is 43.6. The van der Waals surface area contributed by atoms with Crippen LogP contribution in [0.4, 0.5) is 0 Å². The lowest BCUT2D eigenvalue weighted by Crippen LogP contribution is -2.04. The summed E-state index contributed by atoms with van der Waals surface area (Å²) < 4.78 is 15.7. The summed E-state index contributed by atoms with van der Waals surface area (Å²) in [5, 5.41) is 55.6. The predicted octanol–water partition coefficient (Wildman–Crippen LogP) is 9.14. The molecule has 0 aliphatic heterocycles. The zero-order valence-electron chi connectivity index (χ0n) is 37.1. The second kappa shape index (κ2) is 25.4. The Balaban J connectivity index is 0.000000380. The van der Waals surface area contributed by atoms with Crippen molar-refractivity contribution in [3.05, 3.63) is 121 Å². The van der Waals surface area contributed by atoms with E-state index in [1.165, 1.54) is 0 Å². The Morgan fingerprint density at radius 1 is 0.421 bits per heavy atom. The maximum absolute atomic E-state index is 9.32. The molecule has 0 amide bonds. The minimum Gasteiger partial charge on any atom is -0.497 e. The number of aliphatic hydroxyl groups is 6. The Labute approximate surface area is 342 Å². The highest BCUT2D eigenvalue weighted by Crippen LogP contribution is 2.32. The Hall–Kier alpha value is -3.96. The molecular weight excluding hydrogens is 721 g/mol. The summed E-state index contributed by atoms with van der Waals surface area (Å²) in [5.41, 5.74) is 13.1. The predicted molar refractivity (Wildman–Crippen MR) is 232 cm³/mol. The molecule has 0 aliphatic rings. The largest absolute Gasteiger partial charge is 0.497 e. The van der Waals surface area contributed by atoms with Crippen molar-refractivity contribution in [2.45, 2.75) is 139 Å². The van der Waals surface area contributed by atoms with E-state index >= 15 is 0 Å². The molecule has 9 heteroatoms. The Bertz CT molecular complexity index is 1780. The summed E-state index contributed by atoms with van der Waals surface area (Å²) in [6.45, 7) is 22.8. The van der Waals surface area contributed by atoms with Crippen LogP contribution in [0.3, 0.4) is 0 Å². The van der Waals surface area contributed by atoms with Crippen molar-refractivity contribution in [3.8, 4) is 17.2 Å². The molecule has 6 N–H and O–H groups in total. The van der Waals surface area contributed by atoms with Gasteiger partial charge >= 0.3 is 0 Å². The monoisotopic (exact) mass is 793 g/mol. The van der Waals surface area contributed by atoms with Crippen molar-refractivity contribution in [1.29, 1.82) is 0 Å². The number of ether oxygens (including phenoxy) is 3. The van der Waals surface area contributed by atoms with Crippen LogP contribution in [0.2, 0.25) is 0 Å². The van der Waals surface area contributed by atoms with Gasteiger partial charge < -0.3 is 44.8 Å². The molecule has 4 aromatic rings. The molecule has 0 heterocycles. The maximum Gasteiger partial charge on any atom is 0.127 e. The fourth-order valence-electron chi connectivity index (χ4n) is 7.16. The van der Waals surface area contributed by atoms with E-state index in [1.54, 1.807) is 21.3 Å². The van der Waals surface area contributed by atoms with Crippen LogP contribution in [-0.2, 0) is 39.6 Å². The van der Waals surface area contributed by atoms with Gasteiger partial charge in [0.05, 0.1) is 61.0 Å². The number of hydrogen-bond acceptors (Lipinski definition) is 9. The Kier molecular flexibility index (Phi) is 22.8. The molecule has 0 aliphatic carbocycles. The molecule has 4 aromatic carbocycles. The first-order chi connectivity index (χ1) is 27.0. The first-order valence-corrected chi connectivity index (χ1v) is 19.8. The molecule has 0 saturated heterocycles. The van der Waals surface area contributed by atoms with Crippen LogP contribution < -0.4 is 14.2 Å². The third kappa shape index (κ3) is 14.1. The van der Waals surface area contributed by atoms with Gasteiger partial charge in [-0.25, -0.2) is 0 Å². The lowest BCUT2D eigenvalue weighted by molar-refractivity contribution is 0.270. The molecule has 4 rings (SSSR count). The van der Waals surface area contributed by atoms with Gasteiger partial charge in [0.15, 0.2) is 0 Å². The maximum atomic E-state index is 9.32. The van der Waals surface area contributed by atoms with E-state index in [4.69, 9.17) is 14.2 Å². The van der Waals surface area contributed by atoms with E-state index in [1.807, 2.05) is 77.1 Å². The highest BCUT2D eigenvalue weighted by Gasteiger charge is 2.16. The van der Waals surface area contributed by atoms with Crippen molar-refractivity contribution in [2.24, 2.45) is 0 Å². The van der Waals surface area contributed by atoms with E-state index < -0.39 is 0 Å². The van der Waals surface area contributed by atoms with Gasteiger partial charge in [0, 0.05) is 5.56 Å². The van der Waals surface area contributed by atoms with Crippen molar-refractivity contribution in [1.82, 2.24) is 0 Å². The standard InChI is InChI=1S/C12H18O3.3C12H18O2/c1-8(2)12-9(6-13)4-11(15-3)5-10(12)7-14;1-8(2)11-6-12(14-4)9(3)5-10(11)7-13;1-8(2)10-6-5-9(3)12(14-4)11(10)7-13;1-8(2)12-10(6-13)5-4-9(3)11(12)7-14/h4-5,8,13-14H,6-7H2,1-3H3;2*5-6,8,13H,7H2,1-4H3;4-5,8,13-14H,6-7H2,1-3H3. The van der Waals surface area contributed by atoms with Gasteiger partial charge in [-0.1, -0.05) is 79.7 Å². The Morgan fingerprint density at radius 3 is 1.30 bits per heavy atom. The van der Waals surface area contributed by atoms with Crippen LogP contribution in [0.15, 0.2) is 48.5 Å². The summed E-state index contributed by atoms with van der Waals surface area (Å²) in [5.74, 6) is 3.81. The summed E-state index contributed by atoms with van der Waals surface area (Å²) in [4.78, 5) is 0. The number of aliphatic hydroxyl groups excluding tert-OH is 6. The highest BCUT2D eigenvalue weighted by molar-refractivity contribution is 5.47. The van der Waals surface area contributed by atoms with Crippen LogP contribution in [0, 0.1) is 20.8 Å². The lowest BCUT2D eigenvalue weighted by Gasteiger charge is -2.17. The van der Waals surface area contributed by atoms with Gasteiger partial charge in [-0.15, -0.1) is 0 Å². The number of benzene rings is 4. The number of rotatable bonds is 13. The smallest absolute Gasteiger partial charge is 0.127 e. The van der Waals surface area contributed by atoms with E-state index in [2.05, 4.69) is 47.6 Å². The van der Waals surface area contributed by atoms with Crippen LogP contribution in [0.1, 0.15) is 151 Å². The van der Waals surface area contributed by atoms with E-state index in [0.29, 0.717) is 23.5 Å². The van der Waals surface area contributed by atoms with Gasteiger partial charge in [-0.2, -0.15) is 0 Å². The van der Waals surface area contributed by atoms with Gasteiger partial charge in [0.25, 0.3) is 0 Å². The lowest BCUT2D eigenvalue weighted by atomic mass is 9.90. The van der Waals surface area contributed by atoms with Crippen molar-refractivity contribution in [3.63, 3.8) is 0 Å². The fraction of sp³-hybridized carbons (Fsp3) is 0.500. The third-order valence-electron chi connectivity index (χ3n) is 9.99. The molecule has 0 radical (unpaired) electrons. The van der Waals surface area contributed by atoms with Gasteiger partial charge in [-0.05, 0) is 135 Å². The quantitative estimate of drug-likeness (QED) is 0.0780. The molecule has 0 unspecified atom stereocenters. The van der Waals surface area contributed by atoms with E-state index in [-0.39, 0.29) is 45.6 Å². The molecule has 57 heavy (non-hydrogen) atoms.